The molecular formula is C87H108N6O12. The van der Waals surface area contributed by atoms with Gasteiger partial charge in [-0.3, -0.25) is 29.9 Å². The minimum Gasteiger partial charge on any atom is -0.494 e. The smallest absolute Gasteiger partial charge is 0.343 e. The minimum atomic E-state index is -0.451. The Morgan fingerprint density at radius 1 is 0.305 bits per heavy atom. The van der Waals surface area contributed by atoms with Gasteiger partial charge in [-0.25, -0.2) is 14.4 Å². The summed E-state index contributed by atoms with van der Waals surface area (Å²) in [6.07, 6.45) is 35.5. The third kappa shape index (κ3) is 29.4. The molecule has 0 aliphatic rings. The summed E-state index contributed by atoms with van der Waals surface area (Å²) in [5.74, 6) is 5.53. The lowest BCUT2D eigenvalue weighted by molar-refractivity contribution is 0.0725. The Morgan fingerprint density at radius 3 is 0.819 bits per heavy atom. The highest BCUT2D eigenvalue weighted by Gasteiger charge is 2.20. The molecular weight excluding hydrogens is 1320 g/mol. The van der Waals surface area contributed by atoms with Gasteiger partial charge < -0.3 is 42.6 Å². The van der Waals surface area contributed by atoms with E-state index in [1.165, 1.54) is 70.6 Å². The first-order valence-electron chi connectivity index (χ1n) is 37.8. The molecule has 0 aliphatic carbocycles. The standard InChI is InChI=1S/C30H38N2O4.C29H36N2O4.C28H34N2O4/c1-4-6-7-8-9-10-19-34-25-13-11-24(12-14-25)30(33)36-29-16-15-26(35-22-23(3)5-2)20-27(29)28-21-31-17-18-32-28;1-4-6-7-8-9-18-33-24-12-10-23(11-13-24)29(32)35-28-15-14-25(34-21-22(3)5-2)19-26(28)27-20-30-16-17-31-27;1-4-6-7-8-17-32-23-11-9-22(10-12-23)28(31)34-27-14-13-24(33-20-21(3)5-2)18-25(27)26-19-29-15-16-30-26/h11-18,20-21,23H,4-10,19,22H2,1-3H3;10-17,19-20,22H,4-9,18,21H2,1-3H3;9-16,18-19,21H,4-8,17,20H2,1-3H3. The number of hydrogen-bond acceptors (Lipinski definition) is 18. The van der Waals surface area contributed by atoms with Crippen LogP contribution < -0.4 is 42.6 Å². The molecule has 3 atom stereocenters. The molecule has 0 amide bonds. The van der Waals surface area contributed by atoms with E-state index in [-0.39, 0.29) is 0 Å². The molecule has 3 unspecified atom stereocenters. The van der Waals surface area contributed by atoms with E-state index in [0.717, 1.165) is 62.2 Å². The maximum Gasteiger partial charge on any atom is 0.343 e. The molecule has 18 nitrogen and oxygen atoms in total. The monoisotopic (exact) mass is 1430 g/mol. The number of rotatable bonds is 42. The number of hydrogen-bond donors (Lipinski definition) is 0. The fourth-order valence-corrected chi connectivity index (χ4v) is 10.3. The normalized spacial score (nSPS) is 11.6. The highest BCUT2D eigenvalue weighted by Crippen LogP contribution is 2.37. The molecule has 0 spiro atoms. The molecule has 3 heterocycles. The summed E-state index contributed by atoms with van der Waals surface area (Å²) in [6, 6.07) is 37.3. The Kier molecular flexibility index (Phi) is 36.9. The van der Waals surface area contributed by atoms with E-state index in [1.54, 1.807) is 141 Å². The van der Waals surface area contributed by atoms with Gasteiger partial charge in [-0.1, -0.05) is 159 Å². The summed E-state index contributed by atoms with van der Waals surface area (Å²) in [5, 5.41) is 0. The van der Waals surface area contributed by atoms with Gasteiger partial charge >= 0.3 is 17.9 Å². The molecule has 0 radical (unpaired) electrons. The Bertz CT molecular complexity index is 3930. The van der Waals surface area contributed by atoms with Crippen molar-refractivity contribution in [2.24, 2.45) is 17.8 Å². The van der Waals surface area contributed by atoms with E-state index in [0.29, 0.717) is 142 Å². The van der Waals surface area contributed by atoms with Crippen molar-refractivity contribution in [1.82, 2.24) is 29.9 Å². The maximum atomic E-state index is 12.9. The van der Waals surface area contributed by atoms with Crippen LogP contribution in [0, 0.1) is 17.8 Å². The first kappa shape index (κ1) is 82.1. The van der Waals surface area contributed by atoms with Gasteiger partial charge in [0.1, 0.15) is 51.7 Å². The van der Waals surface area contributed by atoms with Crippen molar-refractivity contribution in [3.8, 4) is 85.5 Å². The van der Waals surface area contributed by atoms with Crippen molar-refractivity contribution in [3.63, 3.8) is 0 Å². The second-order valence-corrected chi connectivity index (χ2v) is 26.2. The Balaban J connectivity index is 0.000000220. The molecule has 0 saturated heterocycles. The average Bonchev–Trinajstić information content (AvgIpc) is 0.825. The average molecular weight is 1430 g/mol. The van der Waals surface area contributed by atoms with Crippen LogP contribution in [0.3, 0.4) is 0 Å². The SMILES string of the molecule is CCCCCCCCOc1ccc(C(=O)Oc2ccc(OCC(C)CC)cc2-c2cnccn2)cc1.CCCCCCCOc1ccc(C(=O)Oc2ccc(OCC(C)CC)cc2-c2cnccn2)cc1.CCCCCCOc1ccc(C(=O)Oc2ccc(OCC(C)CC)cc2-c2cnccn2)cc1. The van der Waals surface area contributed by atoms with Gasteiger partial charge in [0.15, 0.2) is 0 Å². The van der Waals surface area contributed by atoms with Crippen LogP contribution >= 0.6 is 0 Å². The highest BCUT2D eigenvalue weighted by molar-refractivity contribution is 5.94. The largest absolute Gasteiger partial charge is 0.494 e. The van der Waals surface area contributed by atoms with Crippen LogP contribution in [0.25, 0.3) is 33.8 Å². The van der Waals surface area contributed by atoms with E-state index < -0.39 is 17.9 Å². The van der Waals surface area contributed by atoms with Gasteiger partial charge in [0.05, 0.1) is 92.0 Å². The van der Waals surface area contributed by atoms with Gasteiger partial charge in [-0.2, -0.15) is 0 Å². The van der Waals surface area contributed by atoms with E-state index in [1.807, 2.05) is 42.5 Å². The number of carbonyl (C=O) groups excluding carboxylic acids is 3. The van der Waals surface area contributed by atoms with Crippen molar-refractivity contribution < 1.29 is 57.0 Å². The Hall–Kier alpha value is -10.2. The number of ether oxygens (including phenoxy) is 9. The van der Waals surface area contributed by atoms with Crippen molar-refractivity contribution in [2.45, 2.75) is 178 Å². The molecule has 558 valence electrons. The number of carbonyl (C=O) groups is 3. The molecule has 18 heteroatoms. The molecule has 0 aliphatic heterocycles. The van der Waals surface area contributed by atoms with Crippen LogP contribution in [0.5, 0.6) is 51.7 Å². The number of benzene rings is 6. The number of esters is 3. The van der Waals surface area contributed by atoms with Crippen LogP contribution in [0.15, 0.2) is 183 Å². The lowest BCUT2D eigenvalue weighted by atomic mass is 10.1. The summed E-state index contributed by atoms with van der Waals surface area (Å²) in [6.45, 7) is 23.3. The zero-order chi connectivity index (χ0) is 74.6. The van der Waals surface area contributed by atoms with E-state index in [4.69, 9.17) is 42.6 Å². The third-order valence-electron chi connectivity index (χ3n) is 17.5. The predicted octanol–water partition coefficient (Wildman–Crippen LogP) is 21.4. The van der Waals surface area contributed by atoms with E-state index in [2.05, 4.69) is 92.2 Å². The first-order chi connectivity index (χ1) is 51.3. The van der Waals surface area contributed by atoms with E-state index >= 15 is 0 Å². The zero-order valence-corrected chi connectivity index (χ0v) is 63.1. The van der Waals surface area contributed by atoms with Crippen LogP contribution in [-0.4, -0.2) is 87.5 Å². The topological polar surface area (TPSA) is 212 Å². The lowest BCUT2D eigenvalue weighted by Gasteiger charge is -2.14. The first-order valence-corrected chi connectivity index (χ1v) is 37.8. The fourth-order valence-electron chi connectivity index (χ4n) is 10.3. The fraction of sp³-hybridized carbons (Fsp3) is 0.414. The summed E-state index contributed by atoms with van der Waals surface area (Å²) in [4.78, 5) is 64.2. The molecule has 105 heavy (non-hydrogen) atoms. The minimum absolute atomic E-state index is 0.401. The van der Waals surface area contributed by atoms with Crippen molar-refractivity contribution in [3.05, 3.63) is 200 Å². The molecule has 0 bridgehead atoms. The van der Waals surface area contributed by atoms with Crippen molar-refractivity contribution in [2.75, 3.05) is 39.6 Å². The van der Waals surface area contributed by atoms with Crippen LogP contribution in [0.1, 0.15) is 209 Å². The van der Waals surface area contributed by atoms with Gasteiger partial charge in [-0.05, 0) is 164 Å². The van der Waals surface area contributed by atoms with Gasteiger partial charge in [0.2, 0.25) is 0 Å². The van der Waals surface area contributed by atoms with Crippen molar-refractivity contribution >= 4 is 17.9 Å². The summed E-state index contributed by atoms with van der Waals surface area (Å²) < 4.78 is 52.5. The third-order valence-corrected chi connectivity index (χ3v) is 17.5. The highest BCUT2D eigenvalue weighted by atomic mass is 16.5. The van der Waals surface area contributed by atoms with E-state index in [9.17, 15) is 14.4 Å². The Labute approximate surface area is 622 Å². The molecule has 6 aromatic carbocycles. The van der Waals surface area contributed by atoms with Gasteiger partial charge in [0, 0.05) is 53.9 Å². The van der Waals surface area contributed by atoms with Crippen LogP contribution in [0.2, 0.25) is 0 Å². The summed E-state index contributed by atoms with van der Waals surface area (Å²) in [7, 11) is 0. The second-order valence-electron chi connectivity index (χ2n) is 26.2. The number of nitrogens with zero attached hydrogens (tertiary/aromatic N) is 6. The van der Waals surface area contributed by atoms with Crippen LogP contribution in [-0.2, 0) is 0 Å². The molecule has 0 saturated carbocycles. The molecule has 9 aromatic rings. The summed E-state index contributed by atoms with van der Waals surface area (Å²) in [5.41, 5.74) is 5.10. The van der Waals surface area contributed by atoms with Gasteiger partial charge in [-0.15, -0.1) is 0 Å². The summed E-state index contributed by atoms with van der Waals surface area (Å²) >= 11 is 0. The number of aromatic nitrogens is 6. The van der Waals surface area contributed by atoms with Crippen molar-refractivity contribution in [1.29, 1.82) is 0 Å². The molecule has 0 fully saturated rings. The maximum absolute atomic E-state index is 12.9. The predicted molar refractivity (Wildman–Crippen MR) is 414 cm³/mol. The molecule has 0 N–H and O–H groups in total. The second kappa shape index (κ2) is 47.2. The molecule has 9 rings (SSSR count). The molecule has 3 aromatic heterocycles. The Morgan fingerprint density at radius 2 is 0.562 bits per heavy atom. The lowest BCUT2D eigenvalue weighted by Crippen LogP contribution is -2.10. The quantitative estimate of drug-likeness (QED) is 0.0198. The van der Waals surface area contributed by atoms with Gasteiger partial charge in [0.25, 0.3) is 0 Å². The van der Waals surface area contributed by atoms with Crippen LogP contribution in [0.4, 0.5) is 0 Å². The number of unbranched alkanes of at least 4 members (excludes halogenated alkanes) is 12. The zero-order valence-electron chi connectivity index (χ0n) is 63.1.